The summed E-state index contributed by atoms with van der Waals surface area (Å²) in [7, 11) is 1.72. The fourth-order valence-corrected chi connectivity index (χ4v) is 2.92. The molecule has 0 aromatic heterocycles. The smallest absolute Gasteiger partial charge is 0.122 e. The number of rotatable bonds is 4. The molecule has 0 amide bonds. The van der Waals surface area contributed by atoms with Crippen LogP contribution in [0.2, 0.25) is 0 Å². The molecule has 0 spiro atoms. The third-order valence-corrected chi connectivity index (χ3v) is 4.16. The van der Waals surface area contributed by atoms with E-state index in [4.69, 9.17) is 10.5 Å². The minimum atomic E-state index is 0.358. The molecule has 0 saturated carbocycles. The molecule has 2 N–H and O–H groups in total. The van der Waals surface area contributed by atoms with Crippen LogP contribution in [0.4, 0.5) is 0 Å². The second-order valence-electron chi connectivity index (χ2n) is 5.10. The van der Waals surface area contributed by atoms with Crippen molar-refractivity contribution in [1.82, 2.24) is 4.90 Å². The van der Waals surface area contributed by atoms with E-state index in [0.717, 1.165) is 5.75 Å². The van der Waals surface area contributed by atoms with Crippen LogP contribution < -0.4 is 10.5 Å². The molecular weight excluding hydrogens is 224 g/mol. The Morgan fingerprint density at radius 2 is 1.89 bits per heavy atom. The molecule has 1 heterocycles. The van der Waals surface area contributed by atoms with Gasteiger partial charge in [0, 0.05) is 12.6 Å². The SMILES string of the molecule is COc1ccc(C(CN)N2CCCC2)c(C)c1C. The minimum absolute atomic E-state index is 0.358. The number of ether oxygens (including phenoxy) is 1. The maximum atomic E-state index is 6.00. The van der Waals surface area contributed by atoms with Gasteiger partial charge in [0.1, 0.15) is 5.75 Å². The zero-order valence-corrected chi connectivity index (χ0v) is 11.7. The molecular formula is C15H24N2O. The number of nitrogens with zero attached hydrogens (tertiary/aromatic N) is 1. The molecule has 1 aromatic rings. The van der Waals surface area contributed by atoms with Gasteiger partial charge < -0.3 is 10.5 Å². The molecule has 1 aliphatic heterocycles. The summed E-state index contributed by atoms with van der Waals surface area (Å²) in [6.45, 7) is 7.33. The number of hydrogen-bond acceptors (Lipinski definition) is 3. The Balaban J connectivity index is 2.33. The minimum Gasteiger partial charge on any atom is -0.496 e. The van der Waals surface area contributed by atoms with Gasteiger partial charge in [-0.1, -0.05) is 6.07 Å². The highest BCUT2D eigenvalue weighted by atomic mass is 16.5. The highest BCUT2D eigenvalue weighted by Gasteiger charge is 2.24. The lowest BCUT2D eigenvalue weighted by Crippen LogP contribution is -2.32. The van der Waals surface area contributed by atoms with Crippen molar-refractivity contribution in [2.45, 2.75) is 32.7 Å². The molecule has 0 bridgehead atoms. The monoisotopic (exact) mass is 248 g/mol. The third-order valence-electron chi connectivity index (χ3n) is 4.16. The summed E-state index contributed by atoms with van der Waals surface area (Å²) in [5.41, 5.74) is 9.91. The van der Waals surface area contributed by atoms with Crippen molar-refractivity contribution in [3.63, 3.8) is 0 Å². The first-order valence-electron chi connectivity index (χ1n) is 6.77. The van der Waals surface area contributed by atoms with Crippen LogP contribution in [-0.2, 0) is 0 Å². The Morgan fingerprint density at radius 1 is 1.22 bits per heavy atom. The van der Waals surface area contributed by atoms with E-state index in [-0.39, 0.29) is 0 Å². The lowest BCUT2D eigenvalue weighted by molar-refractivity contribution is 0.250. The maximum absolute atomic E-state index is 6.00. The van der Waals surface area contributed by atoms with Crippen molar-refractivity contribution in [1.29, 1.82) is 0 Å². The van der Waals surface area contributed by atoms with Crippen LogP contribution in [0.15, 0.2) is 12.1 Å². The number of hydrogen-bond donors (Lipinski definition) is 1. The molecule has 1 unspecified atom stereocenters. The Hall–Kier alpha value is -1.06. The highest BCUT2D eigenvalue weighted by Crippen LogP contribution is 2.31. The third kappa shape index (κ3) is 2.38. The number of benzene rings is 1. The van der Waals surface area contributed by atoms with E-state index in [0.29, 0.717) is 12.6 Å². The van der Waals surface area contributed by atoms with Gasteiger partial charge in [0.15, 0.2) is 0 Å². The molecule has 100 valence electrons. The van der Waals surface area contributed by atoms with Crippen molar-refractivity contribution < 1.29 is 4.74 Å². The van der Waals surface area contributed by atoms with Gasteiger partial charge in [0.2, 0.25) is 0 Å². The maximum Gasteiger partial charge on any atom is 0.122 e. The van der Waals surface area contributed by atoms with Crippen LogP contribution in [0.3, 0.4) is 0 Å². The Morgan fingerprint density at radius 3 is 2.44 bits per heavy atom. The summed E-state index contributed by atoms with van der Waals surface area (Å²) in [5.74, 6) is 0.966. The van der Waals surface area contributed by atoms with E-state index in [1.165, 1.54) is 42.6 Å². The molecule has 1 fully saturated rings. The average molecular weight is 248 g/mol. The Bertz CT molecular complexity index is 411. The van der Waals surface area contributed by atoms with E-state index >= 15 is 0 Å². The molecule has 2 rings (SSSR count). The topological polar surface area (TPSA) is 38.5 Å². The lowest BCUT2D eigenvalue weighted by Gasteiger charge is -2.28. The molecule has 1 aromatic carbocycles. The van der Waals surface area contributed by atoms with Crippen molar-refractivity contribution >= 4 is 0 Å². The van der Waals surface area contributed by atoms with Crippen LogP contribution in [0.5, 0.6) is 5.75 Å². The summed E-state index contributed by atoms with van der Waals surface area (Å²) in [6.07, 6.45) is 2.59. The Kier molecular flexibility index (Phi) is 4.25. The standard InChI is InChI=1S/C15H24N2O/c1-11-12(2)15(18-3)7-6-13(11)14(10-16)17-8-4-5-9-17/h6-7,14H,4-5,8-10,16H2,1-3H3. The zero-order chi connectivity index (χ0) is 13.1. The van der Waals surface area contributed by atoms with Crippen LogP contribution in [0.25, 0.3) is 0 Å². The van der Waals surface area contributed by atoms with Crippen LogP contribution in [-0.4, -0.2) is 31.6 Å². The quantitative estimate of drug-likeness (QED) is 0.889. The number of methoxy groups -OCH3 is 1. The lowest BCUT2D eigenvalue weighted by atomic mass is 9.96. The molecule has 3 nitrogen and oxygen atoms in total. The van der Waals surface area contributed by atoms with Crippen molar-refractivity contribution in [3.05, 3.63) is 28.8 Å². The molecule has 18 heavy (non-hydrogen) atoms. The highest BCUT2D eigenvalue weighted by molar-refractivity contribution is 5.45. The first-order valence-corrected chi connectivity index (χ1v) is 6.77. The first-order chi connectivity index (χ1) is 8.69. The van der Waals surface area contributed by atoms with Gasteiger partial charge in [-0.25, -0.2) is 0 Å². The second kappa shape index (κ2) is 5.72. The van der Waals surface area contributed by atoms with Crippen LogP contribution in [0.1, 0.15) is 35.6 Å². The number of nitrogens with two attached hydrogens (primary N) is 1. The van der Waals surface area contributed by atoms with E-state index in [1.54, 1.807) is 7.11 Å². The fraction of sp³-hybridized carbons (Fsp3) is 0.600. The summed E-state index contributed by atoms with van der Waals surface area (Å²) >= 11 is 0. The molecule has 1 saturated heterocycles. The van der Waals surface area contributed by atoms with Crippen LogP contribution >= 0.6 is 0 Å². The fourth-order valence-electron chi connectivity index (χ4n) is 2.92. The van der Waals surface area contributed by atoms with Crippen LogP contribution in [0, 0.1) is 13.8 Å². The van der Waals surface area contributed by atoms with Gasteiger partial charge in [0.25, 0.3) is 0 Å². The van der Waals surface area contributed by atoms with E-state index in [1.807, 2.05) is 0 Å². The summed E-state index contributed by atoms with van der Waals surface area (Å²) in [6, 6.07) is 4.60. The average Bonchev–Trinajstić information content (AvgIpc) is 2.89. The van der Waals surface area contributed by atoms with Gasteiger partial charge in [0.05, 0.1) is 7.11 Å². The van der Waals surface area contributed by atoms with E-state index in [2.05, 4.69) is 30.9 Å². The molecule has 1 atom stereocenters. The van der Waals surface area contributed by atoms with Gasteiger partial charge in [-0.2, -0.15) is 0 Å². The van der Waals surface area contributed by atoms with Gasteiger partial charge >= 0.3 is 0 Å². The predicted molar refractivity (Wildman–Crippen MR) is 75.1 cm³/mol. The largest absolute Gasteiger partial charge is 0.496 e. The normalized spacial score (nSPS) is 18.0. The van der Waals surface area contributed by atoms with Crippen molar-refractivity contribution in [3.8, 4) is 5.75 Å². The summed E-state index contributed by atoms with van der Waals surface area (Å²) < 4.78 is 5.37. The van der Waals surface area contributed by atoms with Crippen molar-refractivity contribution in [2.75, 3.05) is 26.7 Å². The molecule has 0 aliphatic carbocycles. The molecule has 1 aliphatic rings. The number of likely N-dealkylation sites (tertiary alicyclic amines) is 1. The summed E-state index contributed by atoms with van der Waals surface area (Å²) in [5, 5.41) is 0. The predicted octanol–water partition coefficient (Wildman–Crippen LogP) is 2.41. The zero-order valence-electron chi connectivity index (χ0n) is 11.7. The summed E-state index contributed by atoms with van der Waals surface area (Å²) in [4.78, 5) is 2.51. The molecule has 0 radical (unpaired) electrons. The van der Waals surface area contributed by atoms with Gasteiger partial charge in [-0.05, 0) is 62.5 Å². The first kappa shape index (κ1) is 13.4. The van der Waals surface area contributed by atoms with Gasteiger partial charge in [-0.3, -0.25) is 4.90 Å². The van der Waals surface area contributed by atoms with E-state index < -0.39 is 0 Å². The molecule has 3 heteroatoms. The van der Waals surface area contributed by atoms with E-state index in [9.17, 15) is 0 Å². The second-order valence-corrected chi connectivity index (χ2v) is 5.10. The van der Waals surface area contributed by atoms with Gasteiger partial charge in [-0.15, -0.1) is 0 Å². The Labute approximate surface area is 110 Å². The van der Waals surface area contributed by atoms with Crippen molar-refractivity contribution in [2.24, 2.45) is 5.73 Å².